The molecule has 0 fully saturated rings. The van der Waals surface area contributed by atoms with Crippen LogP contribution in [0.1, 0.15) is 23.2 Å². The molecule has 0 saturated heterocycles. The monoisotopic (exact) mass is 355 g/mol. The molecule has 6 nitrogen and oxygen atoms in total. The van der Waals surface area contributed by atoms with Gasteiger partial charge in [0.2, 0.25) is 0 Å². The van der Waals surface area contributed by atoms with E-state index in [1.807, 2.05) is 5.40 Å². The molecular formula is C18H13NO5S. The van der Waals surface area contributed by atoms with Gasteiger partial charge < -0.3 is 14.3 Å². The first-order chi connectivity index (χ1) is 12.1. The molecular weight excluding hydrogens is 342 g/mol. The molecule has 25 heavy (non-hydrogen) atoms. The van der Waals surface area contributed by atoms with Gasteiger partial charge in [0, 0.05) is 11.3 Å². The number of thioether (sulfide) groups is 1. The van der Waals surface area contributed by atoms with Crippen molar-refractivity contribution in [3.8, 4) is 16.9 Å². The maximum atomic E-state index is 12.3. The van der Waals surface area contributed by atoms with Crippen molar-refractivity contribution in [3.05, 3.63) is 54.1 Å². The summed E-state index contributed by atoms with van der Waals surface area (Å²) < 4.78 is 10.4. The van der Waals surface area contributed by atoms with Crippen molar-refractivity contribution in [3.63, 3.8) is 0 Å². The molecule has 0 aliphatic rings. The fraction of sp³-hybridized carbons (Fsp3) is 0.111. The van der Waals surface area contributed by atoms with E-state index in [0.29, 0.717) is 12.0 Å². The number of rotatable bonds is 7. The Hall–Kier alpha value is -3.11. The zero-order chi connectivity index (χ0) is 18.1. The van der Waals surface area contributed by atoms with Gasteiger partial charge in [-0.3, -0.25) is 4.79 Å². The highest BCUT2D eigenvalue weighted by Crippen LogP contribution is 2.23. The molecule has 0 amide bonds. The third-order valence-electron chi connectivity index (χ3n) is 2.99. The summed E-state index contributed by atoms with van der Waals surface area (Å²) in [7, 11) is 0. The van der Waals surface area contributed by atoms with Crippen molar-refractivity contribution < 1.29 is 23.9 Å². The number of carbonyl (C=O) groups excluding carboxylic acids is 3. The Morgan fingerprint density at radius 1 is 1.08 bits per heavy atom. The minimum atomic E-state index is -0.681. The lowest BCUT2D eigenvalue weighted by atomic mass is 10.2. The number of ether oxygens (including phenoxy) is 2. The van der Waals surface area contributed by atoms with Crippen molar-refractivity contribution in [1.82, 2.24) is 0 Å². The summed E-state index contributed by atoms with van der Waals surface area (Å²) in [5.74, 6) is -0.917. The van der Waals surface area contributed by atoms with Crippen LogP contribution in [-0.4, -0.2) is 18.2 Å². The van der Waals surface area contributed by atoms with E-state index < -0.39 is 11.9 Å². The molecule has 0 heterocycles. The summed E-state index contributed by atoms with van der Waals surface area (Å²) in [6.07, 6.45) is 0.610. The zero-order valence-electron chi connectivity index (χ0n) is 13.0. The SMILES string of the molecule is N#CSc1ccc(OC(=O)c2ccccc2OC(=O)CCC=O)cc1. The zero-order valence-corrected chi connectivity index (χ0v) is 13.8. The number of benzene rings is 2. The maximum Gasteiger partial charge on any atom is 0.347 e. The second-order valence-corrected chi connectivity index (χ2v) is 5.59. The molecule has 0 aliphatic heterocycles. The van der Waals surface area contributed by atoms with Crippen LogP contribution in [0.4, 0.5) is 0 Å². The van der Waals surface area contributed by atoms with Gasteiger partial charge in [-0.25, -0.2) is 4.79 Å². The molecule has 2 rings (SSSR count). The summed E-state index contributed by atoms with van der Waals surface area (Å²) in [5, 5.41) is 10.6. The molecule has 0 atom stereocenters. The molecule has 0 spiro atoms. The maximum absolute atomic E-state index is 12.3. The number of hydrogen-bond acceptors (Lipinski definition) is 7. The van der Waals surface area contributed by atoms with Crippen LogP contribution in [0.3, 0.4) is 0 Å². The average Bonchev–Trinajstić information content (AvgIpc) is 2.62. The van der Waals surface area contributed by atoms with Crippen LogP contribution in [0.5, 0.6) is 11.5 Å². The molecule has 7 heteroatoms. The highest BCUT2D eigenvalue weighted by Gasteiger charge is 2.17. The Morgan fingerprint density at radius 3 is 2.48 bits per heavy atom. The molecule has 2 aromatic rings. The molecule has 0 saturated carbocycles. The Bertz CT molecular complexity index is 811. The van der Waals surface area contributed by atoms with Crippen LogP contribution in [0.25, 0.3) is 0 Å². The van der Waals surface area contributed by atoms with Gasteiger partial charge in [-0.05, 0) is 48.2 Å². The normalized spacial score (nSPS) is 9.72. The van der Waals surface area contributed by atoms with Crippen LogP contribution >= 0.6 is 11.8 Å². The van der Waals surface area contributed by atoms with Gasteiger partial charge in [0.05, 0.1) is 6.42 Å². The molecule has 0 unspecified atom stereocenters. The average molecular weight is 355 g/mol. The first kappa shape index (κ1) is 18.2. The fourth-order valence-electron chi connectivity index (χ4n) is 1.87. The lowest BCUT2D eigenvalue weighted by Crippen LogP contribution is -2.14. The van der Waals surface area contributed by atoms with Crippen LogP contribution in [0.2, 0.25) is 0 Å². The van der Waals surface area contributed by atoms with Gasteiger partial charge in [0.15, 0.2) is 0 Å². The molecule has 0 aliphatic carbocycles. The number of carbonyl (C=O) groups is 3. The van der Waals surface area contributed by atoms with Gasteiger partial charge in [0.25, 0.3) is 0 Å². The minimum absolute atomic E-state index is 0.0541. The largest absolute Gasteiger partial charge is 0.426 e. The topological polar surface area (TPSA) is 93.5 Å². The van der Waals surface area contributed by atoms with Gasteiger partial charge in [-0.1, -0.05) is 12.1 Å². The van der Waals surface area contributed by atoms with Crippen molar-refractivity contribution in [2.75, 3.05) is 0 Å². The van der Waals surface area contributed by atoms with Gasteiger partial charge >= 0.3 is 11.9 Å². The number of para-hydroxylation sites is 1. The predicted octanol–water partition coefficient (Wildman–Crippen LogP) is 3.36. The minimum Gasteiger partial charge on any atom is -0.426 e. The molecule has 0 N–H and O–H groups in total. The Morgan fingerprint density at radius 2 is 1.80 bits per heavy atom. The smallest absolute Gasteiger partial charge is 0.347 e. The fourth-order valence-corrected chi connectivity index (χ4v) is 2.24. The first-order valence-corrected chi connectivity index (χ1v) is 8.07. The lowest BCUT2D eigenvalue weighted by Gasteiger charge is -2.09. The molecule has 2 aromatic carbocycles. The van der Waals surface area contributed by atoms with Crippen molar-refractivity contribution in [1.29, 1.82) is 5.26 Å². The molecule has 0 aromatic heterocycles. The standard InChI is InChI=1S/C18H13NO5S/c19-12-25-14-9-7-13(8-10-14)23-18(22)15-4-1-2-5-16(15)24-17(21)6-3-11-20/h1-2,4-5,7-11H,3,6H2. The Balaban J connectivity index is 2.09. The third kappa shape index (κ3) is 5.48. The highest BCUT2D eigenvalue weighted by molar-refractivity contribution is 8.03. The van der Waals surface area contributed by atoms with E-state index in [0.717, 1.165) is 16.7 Å². The van der Waals surface area contributed by atoms with E-state index in [1.165, 1.54) is 12.1 Å². The number of nitriles is 1. The highest BCUT2D eigenvalue weighted by atomic mass is 32.2. The van der Waals surface area contributed by atoms with Gasteiger partial charge in [0.1, 0.15) is 28.7 Å². The van der Waals surface area contributed by atoms with Crippen LogP contribution in [0.15, 0.2) is 53.4 Å². The number of thiocyanates is 1. The van der Waals surface area contributed by atoms with Crippen molar-refractivity contribution in [2.24, 2.45) is 0 Å². The van der Waals surface area contributed by atoms with E-state index in [9.17, 15) is 14.4 Å². The third-order valence-corrected chi connectivity index (χ3v) is 3.59. The van der Waals surface area contributed by atoms with E-state index in [2.05, 4.69) is 0 Å². The van der Waals surface area contributed by atoms with E-state index >= 15 is 0 Å². The van der Waals surface area contributed by atoms with E-state index in [-0.39, 0.29) is 24.2 Å². The lowest BCUT2D eigenvalue weighted by molar-refractivity contribution is -0.135. The molecule has 126 valence electrons. The Labute approximate surface area is 148 Å². The van der Waals surface area contributed by atoms with Crippen LogP contribution in [0, 0.1) is 10.7 Å². The summed E-state index contributed by atoms with van der Waals surface area (Å²) in [4.78, 5) is 35.0. The summed E-state index contributed by atoms with van der Waals surface area (Å²) in [5.41, 5.74) is 0.0948. The van der Waals surface area contributed by atoms with Crippen LogP contribution < -0.4 is 9.47 Å². The summed E-state index contributed by atoms with van der Waals surface area (Å²) >= 11 is 0.998. The molecule has 0 radical (unpaired) electrons. The van der Waals surface area contributed by atoms with Crippen molar-refractivity contribution >= 4 is 30.0 Å². The first-order valence-electron chi connectivity index (χ1n) is 7.25. The Kier molecular flexibility index (Phi) is 6.75. The molecule has 0 bridgehead atoms. The van der Waals surface area contributed by atoms with Crippen molar-refractivity contribution in [2.45, 2.75) is 17.7 Å². The van der Waals surface area contributed by atoms with Gasteiger partial charge in [-0.2, -0.15) is 5.26 Å². The number of nitrogens with zero attached hydrogens (tertiary/aromatic N) is 1. The van der Waals surface area contributed by atoms with E-state index in [1.54, 1.807) is 36.4 Å². The number of esters is 2. The number of aldehydes is 1. The summed E-state index contributed by atoms with van der Waals surface area (Å²) in [6.45, 7) is 0. The van der Waals surface area contributed by atoms with E-state index in [4.69, 9.17) is 14.7 Å². The van der Waals surface area contributed by atoms with Crippen LogP contribution in [-0.2, 0) is 9.59 Å². The quantitative estimate of drug-likeness (QED) is 0.247. The second-order valence-electron chi connectivity index (χ2n) is 4.73. The summed E-state index contributed by atoms with van der Waals surface area (Å²) in [6, 6.07) is 12.6. The predicted molar refractivity (Wildman–Crippen MR) is 90.2 cm³/mol. The second kappa shape index (κ2) is 9.25. The number of hydrogen-bond donors (Lipinski definition) is 0. The van der Waals surface area contributed by atoms with Gasteiger partial charge in [-0.15, -0.1) is 0 Å².